The molecule has 1 aliphatic heterocycles. The Morgan fingerprint density at radius 1 is 1.45 bits per heavy atom. The molecule has 0 saturated carbocycles. The summed E-state index contributed by atoms with van der Waals surface area (Å²) in [5.41, 5.74) is 0. The molecule has 1 heterocycles. The van der Waals surface area contributed by atoms with E-state index in [-0.39, 0.29) is 19.1 Å². The number of hydrogen-bond acceptors (Lipinski definition) is 3. The van der Waals surface area contributed by atoms with Gasteiger partial charge in [0, 0.05) is 19.6 Å². The predicted octanol–water partition coefficient (Wildman–Crippen LogP) is 1.00. The van der Waals surface area contributed by atoms with Crippen molar-refractivity contribution in [1.82, 2.24) is 15.1 Å². The molecule has 0 spiro atoms. The molecule has 0 aromatic rings. The molecule has 6 heteroatoms. The monoisotopic (exact) mass is 283 g/mol. The fraction of sp³-hybridized carbons (Fsp3) is 0.714. The quantitative estimate of drug-likeness (QED) is 0.652. The van der Waals surface area contributed by atoms with Crippen LogP contribution in [-0.2, 0) is 4.79 Å². The number of aliphatic carboxylic acids is 1. The van der Waals surface area contributed by atoms with Crippen molar-refractivity contribution in [2.75, 3.05) is 39.3 Å². The minimum absolute atomic E-state index is 0.235. The van der Waals surface area contributed by atoms with Gasteiger partial charge in [0.15, 0.2) is 0 Å². The number of nitrogens with one attached hydrogen (secondary N) is 1. The summed E-state index contributed by atoms with van der Waals surface area (Å²) in [6.45, 7) is 9.36. The summed E-state index contributed by atoms with van der Waals surface area (Å²) in [6, 6.07) is -0.347. The predicted molar refractivity (Wildman–Crippen MR) is 77.6 cm³/mol. The van der Waals surface area contributed by atoms with Crippen LogP contribution < -0.4 is 5.32 Å². The van der Waals surface area contributed by atoms with Gasteiger partial charge in [0.1, 0.15) is 6.54 Å². The van der Waals surface area contributed by atoms with Crippen molar-refractivity contribution < 1.29 is 14.7 Å². The minimum atomic E-state index is -1.02. The van der Waals surface area contributed by atoms with Crippen molar-refractivity contribution in [2.24, 2.45) is 5.92 Å². The maximum absolute atomic E-state index is 11.9. The van der Waals surface area contributed by atoms with Crippen LogP contribution in [0.25, 0.3) is 0 Å². The molecule has 0 bridgehead atoms. The lowest BCUT2D eigenvalue weighted by molar-refractivity contribution is -0.137. The first-order valence-corrected chi connectivity index (χ1v) is 7.10. The third-order valence-electron chi connectivity index (χ3n) is 3.33. The summed E-state index contributed by atoms with van der Waals surface area (Å²) in [4.78, 5) is 26.2. The Bertz CT molecular complexity index is 341. The van der Waals surface area contributed by atoms with Gasteiger partial charge in [-0.25, -0.2) is 4.79 Å². The molecule has 0 aromatic heterocycles. The number of hydrogen-bond donors (Lipinski definition) is 2. The highest BCUT2D eigenvalue weighted by Crippen LogP contribution is 2.09. The van der Waals surface area contributed by atoms with E-state index < -0.39 is 5.97 Å². The van der Waals surface area contributed by atoms with E-state index in [1.807, 2.05) is 0 Å². The number of carbonyl (C=O) groups is 2. The number of amides is 2. The van der Waals surface area contributed by atoms with Crippen LogP contribution >= 0.6 is 0 Å². The zero-order valence-corrected chi connectivity index (χ0v) is 12.2. The van der Waals surface area contributed by atoms with E-state index >= 15 is 0 Å². The van der Waals surface area contributed by atoms with E-state index in [1.54, 1.807) is 0 Å². The molecule has 0 aliphatic carbocycles. The molecule has 1 rings (SSSR count). The molecule has 114 valence electrons. The van der Waals surface area contributed by atoms with Gasteiger partial charge in [0.2, 0.25) is 0 Å². The highest BCUT2D eigenvalue weighted by molar-refractivity contribution is 5.80. The molecule has 1 saturated heterocycles. The molecular formula is C14H25N3O3. The van der Waals surface area contributed by atoms with Crippen molar-refractivity contribution in [1.29, 1.82) is 0 Å². The molecule has 6 nitrogen and oxygen atoms in total. The van der Waals surface area contributed by atoms with Gasteiger partial charge in [-0.1, -0.05) is 13.0 Å². The lowest BCUT2D eigenvalue weighted by Gasteiger charge is -2.23. The molecular weight excluding hydrogens is 258 g/mol. The number of carboxylic acids is 1. The molecule has 1 fully saturated rings. The van der Waals surface area contributed by atoms with Crippen LogP contribution in [0.15, 0.2) is 12.7 Å². The van der Waals surface area contributed by atoms with Gasteiger partial charge in [-0.2, -0.15) is 0 Å². The second-order valence-corrected chi connectivity index (χ2v) is 5.36. The van der Waals surface area contributed by atoms with E-state index in [1.165, 1.54) is 23.8 Å². The molecule has 2 amide bonds. The molecule has 1 aliphatic rings. The number of likely N-dealkylation sites (tertiary alicyclic amines) is 1. The summed E-state index contributed by atoms with van der Waals surface area (Å²) in [5.74, 6) is -0.667. The van der Waals surface area contributed by atoms with Gasteiger partial charge in [0.05, 0.1) is 0 Å². The second kappa shape index (κ2) is 8.58. The molecule has 1 unspecified atom stereocenters. The topological polar surface area (TPSA) is 72.9 Å². The number of rotatable bonds is 8. The number of carbonyl (C=O) groups excluding carboxylic acids is 1. The van der Waals surface area contributed by atoms with Crippen LogP contribution in [0.4, 0.5) is 4.79 Å². The van der Waals surface area contributed by atoms with E-state index in [0.717, 1.165) is 19.6 Å². The van der Waals surface area contributed by atoms with Crippen LogP contribution in [0.1, 0.15) is 19.8 Å². The Labute approximate surface area is 120 Å². The second-order valence-electron chi connectivity index (χ2n) is 5.36. The smallest absolute Gasteiger partial charge is 0.323 e. The number of carboxylic acid groups (broad SMARTS) is 1. The zero-order valence-electron chi connectivity index (χ0n) is 12.2. The normalized spacial score (nSPS) is 16.6. The van der Waals surface area contributed by atoms with Crippen LogP contribution in [0.3, 0.4) is 0 Å². The Morgan fingerprint density at radius 3 is 2.65 bits per heavy atom. The maximum atomic E-state index is 11.9. The standard InChI is InChI=1S/C14H25N3O3/c1-3-6-17(11-13(18)19)14(20)15-9-12(2)10-16-7-4-5-8-16/h3,12H,1,4-11H2,2H3,(H,15,20)(H,18,19). The molecule has 0 aromatic carbocycles. The van der Waals surface area contributed by atoms with Crippen molar-refractivity contribution in [3.63, 3.8) is 0 Å². The van der Waals surface area contributed by atoms with Gasteiger partial charge in [0.25, 0.3) is 0 Å². The van der Waals surface area contributed by atoms with Crippen molar-refractivity contribution >= 4 is 12.0 Å². The highest BCUT2D eigenvalue weighted by Gasteiger charge is 2.18. The molecule has 2 N–H and O–H groups in total. The number of nitrogens with zero attached hydrogens (tertiary/aromatic N) is 2. The summed E-state index contributed by atoms with van der Waals surface area (Å²) < 4.78 is 0. The zero-order chi connectivity index (χ0) is 15.0. The summed E-state index contributed by atoms with van der Waals surface area (Å²) in [6.07, 6.45) is 4.03. The average molecular weight is 283 g/mol. The Morgan fingerprint density at radius 2 is 2.10 bits per heavy atom. The SMILES string of the molecule is C=CCN(CC(=O)O)C(=O)NCC(C)CN1CCCC1. The first-order chi connectivity index (χ1) is 9.52. The molecule has 1 atom stereocenters. The van der Waals surface area contributed by atoms with Crippen molar-refractivity contribution in [3.8, 4) is 0 Å². The van der Waals surface area contributed by atoms with E-state index in [9.17, 15) is 9.59 Å². The minimum Gasteiger partial charge on any atom is -0.480 e. The molecule has 20 heavy (non-hydrogen) atoms. The van der Waals surface area contributed by atoms with E-state index in [0.29, 0.717) is 12.5 Å². The maximum Gasteiger partial charge on any atom is 0.323 e. The summed E-state index contributed by atoms with van der Waals surface area (Å²) in [7, 11) is 0. The lowest BCUT2D eigenvalue weighted by atomic mass is 10.1. The Kier molecular flexibility index (Phi) is 7.08. The van der Waals surface area contributed by atoms with Crippen LogP contribution in [0.5, 0.6) is 0 Å². The van der Waals surface area contributed by atoms with Gasteiger partial charge in [-0.3, -0.25) is 4.79 Å². The largest absolute Gasteiger partial charge is 0.480 e. The van der Waals surface area contributed by atoms with Crippen LogP contribution in [0.2, 0.25) is 0 Å². The van der Waals surface area contributed by atoms with Gasteiger partial charge in [-0.15, -0.1) is 6.58 Å². The summed E-state index contributed by atoms with van der Waals surface area (Å²) >= 11 is 0. The average Bonchev–Trinajstić information content (AvgIpc) is 2.87. The van der Waals surface area contributed by atoms with E-state index in [4.69, 9.17) is 5.11 Å². The van der Waals surface area contributed by atoms with Gasteiger partial charge < -0.3 is 20.2 Å². The Balaban J connectivity index is 2.31. The van der Waals surface area contributed by atoms with E-state index in [2.05, 4.69) is 23.7 Å². The first-order valence-electron chi connectivity index (χ1n) is 7.10. The van der Waals surface area contributed by atoms with Gasteiger partial charge in [-0.05, 0) is 31.8 Å². The third-order valence-corrected chi connectivity index (χ3v) is 3.33. The Hall–Kier alpha value is -1.56. The third kappa shape index (κ3) is 6.06. The summed E-state index contributed by atoms with van der Waals surface area (Å²) in [5, 5.41) is 11.6. The first kappa shape index (κ1) is 16.5. The van der Waals surface area contributed by atoms with Crippen molar-refractivity contribution in [2.45, 2.75) is 19.8 Å². The fourth-order valence-electron chi connectivity index (χ4n) is 2.38. The highest BCUT2D eigenvalue weighted by atomic mass is 16.4. The molecule has 0 radical (unpaired) electrons. The van der Waals surface area contributed by atoms with Crippen LogP contribution in [0, 0.1) is 5.92 Å². The number of urea groups is 1. The van der Waals surface area contributed by atoms with Crippen molar-refractivity contribution in [3.05, 3.63) is 12.7 Å². The van der Waals surface area contributed by atoms with Crippen LogP contribution in [-0.4, -0.2) is 66.2 Å². The van der Waals surface area contributed by atoms with Gasteiger partial charge >= 0.3 is 12.0 Å². The fourth-order valence-corrected chi connectivity index (χ4v) is 2.38. The lowest BCUT2D eigenvalue weighted by Crippen LogP contribution is -2.45.